The highest BCUT2D eigenvalue weighted by molar-refractivity contribution is 7.13. The molecule has 3 aromatic carbocycles. The molecule has 3 amide bonds. The van der Waals surface area contributed by atoms with Gasteiger partial charge in [-0.15, -0.1) is 21.5 Å². The Bertz CT molecular complexity index is 2590. The van der Waals surface area contributed by atoms with Crippen LogP contribution >= 0.6 is 11.3 Å². The SMILES string of the molecule is Cc1ncsc1-c1ccc(CNC(=O)C2CC(O)CN2C(=O)C(NC(=O)C2(F)CC2)C(C)(C)C)c(OCCCOc2ccc(CN3CCN(c4cc(-c5ccccc5O)nnc4N)CC3)cc2)c1. The number of piperazine rings is 1. The summed E-state index contributed by atoms with van der Waals surface area (Å²) < 4.78 is 27.1. The van der Waals surface area contributed by atoms with Gasteiger partial charge >= 0.3 is 0 Å². The number of halogens is 1. The number of nitrogens with one attached hydrogen (secondary N) is 2. The molecular weight excluding hydrogens is 890 g/mol. The number of phenols is 1. The lowest BCUT2D eigenvalue weighted by atomic mass is 9.85. The summed E-state index contributed by atoms with van der Waals surface area (Å²) in [5.41, 5.74) is 11.0. The number of hydrogen-bond acceptors (Lipinski definition) is 14. The number of rotatable bonds is 17. The second-order valence-corrected chi connectivity index (χ2v) is 19.8. The Morgan fingerprint density at radius 3 is 2.41 bits per heavy atom. The molecule has 5 aromatic rings. The van der Waals surface area contributed by atoms with Gasteiger partial charge in [0.2, 0.25) is 11.8 Å². The van der Waals surface area contributed by atoms with Crippen LogP contribution in [0.5, 0.6) is 17.2 Å². The number of aliphatic hydroxyl groups is 1. The largest absolute Gasteiger partial charge is 0.507 e. The summed E-state index contributed by atoms with van der Waals surface area (Å²) in [6, 6.07) is 20.7. The van der Waals surface area contributed by atoms with Crippen LogP contribution in [0.2, 0.25) is 0 Å². The van der Waals surface area contributed by atoms with Crippen molar-refractivity contribution in [2.24, 2.45) is 5.41 Å². The Morgan fingerprint density at radius 2 is 1.72 bits per heavy atom. The summed E-state index contributed by atoms with van der Waals surface area (Å²) in [5, 5.41) is 34.9. The predicted octanol–water partition coefficient (Wildman–Crippen LogP) is 5.64. The molecule has 1 saturated carbocycles. The van der Waals surface area contributed by atoms with Crippen molar-refractivity contribution < 1.29 is 38.5 Å². The second-order valence-electron chi connectivity index (χ2n) is 18.9. The maximum atomic E-state index is 14.6. The number of carbonyl (C=O) groups excluding carboxylic acids is 3. The number of aromatic nitrogens is 3. The Kier molecular flexibility index (Phi) is 14.5. The lowest BCUT2D eigenvalue weighted by Crippen LogP contribution is -2.59. The number of aromatic hydroxyl groups is 1. The number of phenolic OH excluding ortho intramolecular Hbond substituents is 1. The molecule has 0 spiro atoms. The van der Waals surface area contributed by atoms with E-state index in [0.29, 0.717) is 48.0 Å². The van der Waals surface area contributed by atoms with Crippen molar-refractivity contribution in [3.63, 3.8) is 0 Å². The molecule has 4 heterocycles. The standard InChI is InChI=1S/C50H60FN9O7S/c1-31-43(68-30-54-31)33-12-13-34(27-53-46(63)40-25-35(61)29-60(40)47(64)44(49(2,3)4)55-48(65)50(51)16-17-50)42(24-33)67-23-7-22-66-36-14-10-32(11-15-36)28-58-18-20-59(21-19-58)39-26-38(56-57-45(39)52)37-8-5-6-9-41(37)62/h5-6,8-15,24,26,30,35,40,44,61-62H,7,16-23,25,27-29H2,1-4H3,(H2,52,57)(H,53,63)(H,55,65). The molecule has 18 heteroatoms. The van der Waals surface area contributed by atoms with Crippen LogP contribution in [0.3, 0.4) is 0 Å². The van der Waals surface area contributed by atoms with E-state index in [4.69, 9.17) is 15.2 Å². The van der Waals surface area contributed by atoms with Gasteiger partial charge in [0.15, 0.2) is 11.5 Å². The molecule has 2 aromatic heterocycles. The van der Waals surface area contributed by atoms with E-state index in [2.05, 4.69) is 47.7 Å². The molecule has 0 bridgehead atoms. The van der Waals surface area contributed by atoms with Crippen molar-refractivity contribution in [2.45, 2.75) is 90.3 Å². The fraction of sp³-hybridized carbons (Fsp3) is 0.440. The summed E-state index contributed by atoms with van der Waals surface area (Å²) in [6.07, 6.45) is -0.125. The van der Waals surface area contributed by atoms with E-state index in [1.54, 1.807) is 44.5 Å². The number of nitrogen functional groups attached to an aromatic ring is 1. The normalized spacial score (nSPS) is 18.5. The minimum atomic E-state index is -1.97. The number of nitrogens with zero attached hydrogens (tertiary/aromatic N) is 6. The summed E-state index contributed by atoms with van der Waals surface area (Å²) >= 11 is 1.52. The van der Waals surface area contributed by atoms with E-state index >= 15 is 0 Å². The quantitative estimate of drug-likeness (QED) is 0.0716. The highest BCUT2D eigenvalue weighted by Gasteiger charge is 2.53. The zero-order chi connectivity index (χ0) is 48.2. The number of nitrogens with two attached hydrogens (primary N) is 1. The molecule has 3 fully saturated rings. The number of alkyl halides is 1. The molecule has 3 atom stereocenters. The zero-order valence-corrected chi connectivity index (χ0v) is 39.7. The van der Waals surface area contributed by atoms with Gasteiger partial charge in [-0.3, -0.25) is 19.3 Å². The molecule has 360 valence electrons. The number of thiazole rings is 1. The fourth-order valence-corrected chi connectivity index (χ4v) is 9.37. The fourth-order valence-electron chi connectivity index (χ4n) is 8.57. The van der Waals surface area contributed by atoms with Gasteiger partial charge in [0.05, 0.1) is 46.8 Å². The van der Waals surface area contributed by atoms with E-state index in [-0.39, 0.29) is 38.1 Å². The lowest BCUT2D eigenvalue weighted by Gasteiger charge is -2.36. The van der Waals surface area contributed by atoms with Gasteiger partial charge in [-0.2, -0.15) is 0 Å². The first-order chi connectivity index (χ1) is 32.6. The van der Waals surface area contributed by atoms with Crippen LogP contribution in [0.25, 0.3) is 21.7 Å². The van der Waals surface area contributed by atoms with Crippen molar-refractivity contribution in [3.8, 4) is 38.9 Å². The number of aliphatic hydroxyl groups excluding tert-OH is 1. The van der Waals surface area contributed by atoms with E-state index in [1.165, 1.54) is 21.8 Å². The molecule has 16 nitrogen and oxygen atoms in total. The number of aryl methyl sites for hydroxylation is 1. The average Bonchev–Trinajstić information content (AvgIpc) is 3.73. The summed E-state index contributed by atoms with van der Waals surface area (Å²) in [5.74, 6) is -0.00369. The first-order valence-electron chi connectivity index (χ1n) is 23.1. The van der Waals surface area contributed by atoms with Gasteiger partial charge in [-0.1, -0.05) is 57.2 Å². The number of amides is 3. The first-order valence-corrected chi connectivity index (χ1v) is 24.0. The average molecular weight is 950 g/mol. The number of benzene rings is 3. The number of anilines is 2. The van der Waals surface area contributed by atoms with Gasteiger partial charge in [-0.05, 0) is 72.7 Å². The smallest absolute Gasteiger partial charge is 0.258 e. The molecule has 8 rings (SSSR count). The Morgan fingerprint density at radius 1 is 0.985 bits per heavy atom. The maximum Gasteiger partial charge on any atom is 0.258 e. The van der Waals surface area contributed by atoms with E-state index in [1.807, 2.05) is 49.4 Å². The Labute approximate surface area is 399 Å². The molecule has 3 aliphatic rings. The van der Waals surface area contributed by atoms with Gasteiger partial charge in [0, 0.05) is 69.8 Å². The third-order valence-corrected chi connectivity index (χ3v) is 13.7. The van der Waals surface area contributed by atoms with Crippen LogP contribution in [0.15, 0.2) is 78.3 Å². The zero-order valence-electron chi connectivity index (χ0n) is 38.9. The molecule has 1 aliphatic carbocycles. The van der Waals surface area contributed by atoms with Crippen LogP contribution in [0.4, 0.5) is 15.9 Å². The lowest BCUT2D eigenvalue weighted by molar-refractivity contribution is -0.145. The summed E-state index contributed by atoms with van der Waals surface area (Å²) in [4.78, 5) is 51.7. The maximum absolute atomic E-state index is 14.6. The van der Waals surface area contributed by atoms with Crippen molar-refractivity contribution in [1.29, 1.82) is 0 Å². The molecule has 2 saturated heterocycles. The number of ether oxygens (including phenoxy) is 2. The minimum absolute atomic E-state index is 0.0234. The van der Waals surface area contributed by atoms with Crippen LogP contribution in [0, 0.1) is 12.3 Å². The van der Waals surface area contributed by atoms with E-state index in [0.717, 1.165) is 60.3 Å². The Balaban J connectivity index is 0.827. The van der Waals surface area contributed by atoms with Crippen LogP contribution in [-0.2, 0) is 27.5 Å². The van der Waals surface area contributed by atoms with Crippen LogP contribution in [-0.4, -0.2) is 123 Å². The first kappa shape index (κ1) is 48.1. The van der Waals surface area contributed by atoms with Gasteiger partial charge in [-0.25, -0.2) is 9.37 Å². The molecule has 0 radical (unpaired) electrons. The number of hydrogen-bond donors (Lipinski definition) is 5. The summed E-state index contributed by atoms with van der Waals surface area (Å²) in [6.45, 7) is 12.0. The number of likely N-dealkylation sites (tertiary alicyclic amines) is 1. The minimum Gasteiger partial charge on any atom is -0.507 e. The van der Waals surface area contributed by atoms with Crippen LogP contribution < -0.4 is 30.7 Å². The van der Waals surface area contributed by atoms with Crippen molar-refractivity contribution >= 4 is 40.6 Å². The number of carbonyl (C=O) groups is 3. The van der Waals surface area contributed by atoms with Crippen LogP contribution in [0.1, 0.15) is 63.3 Å². The number of para-hydroxylation sites is 1. The predicted molar refractivity (Wildman–Crippen MR) is 258 cm³/mol. The molecule has 3 unspecified atom stereocenters. The van der Waals surface area contributed by atoms with Gasteiger partial charge < -0.3 is 45.9 Å². The third-order valence-electron chi connectivity index (χ3n) is 12.7. The highest BCUT2D eigenvalue weighted by atomic mass is 32.1. The molecular formula is C50H60FN9O7S. The van der Waals surface area contributed by atoms with E-state index in [9.17, 15) is 29.0 Å². The van der Waals surface area contributed by atoms with Gasteiger partial charge in [0.1, 0.15) is 29.3 Å². The Hall–Kier alpha value is -6.37. The van der Waals surface area contributed by atoms with Crippen molar-refractivity contribution in [1.82, 2.24) is 35.6 Å². The van der Waals surface area contributed by atoms with Crippen molar-refractivity contribution in [3.05, 3.63) is 95.1 Å². The molecule has 6 N–H and O–H groups in total. The highest BCUT2D eigenvalue weighted by Crippen LogP contribution is 2.41. The number of β-amino-alcohol motifs (C(OH)–C–C–N with tert-alkyl or cyclic N) is 1. The van der Waals surface area contributed by atoms with Gasteiger partial charge in [0.25, 0.3) is 5.91 Å². The summed E-state index contributed by atoms with van der Waals surface area (Å²) in [7, 11) is 0. The van der Waals surface area contributed by atoms with Crippen molar-refractivity contribution in [2.75, 3.05) is 56.6 Å². The third kappa shape index (κ3) is 11.3. The molecule has 68 heavy (non-hydrogen) atoms. The topological polar surface area (TPSA) is 209 Å². The second kappa shape index (κ2) is 20.5. The monoisotopic (exact) mass is 949 g/mol. The molecule has 2 aliphatic heterocycles. The van der Waals surface area contributed by atoms with E-state index < -0.39 is 47.0 Å².